The van der Waals surface area contributed by atoms with Gasteiger partial charge in [0, 0.05) is 35.4 Å². The summed E-state index contributed by atoms with van der Waals surface area (Å²) in [5.74, 6) is 0. The maximum atomic E-state index is 12.8. The Labute approximate surface area is 177 Å². The molecule has 29 heavy (non-hydrogen) atoms. The molecule has 3 aromatic rings. The molecule has 4 rings (SSSR count). The number of unbranched alkanes of at least 4 members (excludes halogenated alkanes) is 1. The quantitative estimate of drug-likeness (QED) is 0.559. The molecule has 1 heterocycles. The Kier molecular flexibility index (Phi) is 6.20. The lowest BCUT2D eigenvalue weighted by molar-refractivity contribution is 0.249. The lowest BCUT2D eigenvalue weighted by Gasteiger charge is -2.28. The van der Waals surface area contributed by atoms with Gasteiger partial charge in [-0.05, 0) is 49.1 Å². The van der Waals surface area contributed by atoms with E-state index in [1.165, 1.54) is 11.1 Å². The molecule has 0 aliphatic carbocycles. The number of rotatable bonds is 7. The van der Waals surface area contributed by atoms with Crippen molar-refractivity contribution < 1.29 is 8.42 Å². The maximum Gasteiger partial charge on any atom is 0.241 e. The van der Waals surface area contributed by atoms with Crippen LogP contribution in [0.2, 0.25) is 5.02 Å². The van der Waals surface area contributed by atoms with Crippen molar-refractivity contribution in [1.82, 2.24) is 9.62 Å². The van der Waals surface area contributed by atoms with Gasteiger partial charge >= 0.3 is 0 Å². The molecular weight excluding hydrogens is 404 g/mol. The minimum absolute atomic E-state index is 0.283. The molecule has 1 aliphatic heterocycles. The lowest BCUT2D eigenvalue weighted by Crippen LogP contribution is -2.32. The molecule has 3 aromatic carbocycles. The fraction of sp³-hybridized carbons (Fsp3) is 0.304. The van der Waals surface area contributed by atoms with E-state index >= 15 is 0 Å². The number of nitrogens with zero attached hydrogens (tertiary/aromatic N) is 1. The maximum absolute atomic E-state index is 12.8. The molecule has 0 radical (unpaired) electrons. The van der Waals surface area contributed by atoms with Crippen LogP contribution < -0.4 is 4.72 Å². The smallest absolute Gasteiger partial charge is 0.241 e. The van der Waals surface area contributed by atoms with Gasteiger partial charge in [-0.25, -0.2) is 13.1 Å². The Morgan fingerprint density at radius 3 is 2.45 bits per heavy atom. The zero-order chi connectivity index (χ0) is 20.3. The van der Waals surface area contributed by atoms with Gasteiger partial charge in [0.25, 0.3) is 0 Å². The Balaban J connectivity index is 1.30. The minimum Gasteiger partial charge on any atom is -0.299 e. The van der Waals surface area contributed by atoms with E-state index < -0.39 is 10.0 Å². The van der Waals surface area contributed by atoms with Crippen LogP contribution >= 0.6 is 11.6 Å². The molecule has 0 saturated carbocycles. The summed E-state index contributed by atoms with van der Waals surface area (Å²) in [6, 6.07) is 19.2. The highest BCUT2D eigenvalue weighted by Gasteiger charge is 2.18. The third kappa shape index (κ3) is 4.64. The number of sulfonamides is 1. The summed E-state index contributed by atoms with van der Waals surface area (Å²) >= 11 is 6.21. The van der Waals surface area contributed by atoms with Crippen LogP contribution in [0.5, 0.6) is 0 Å². The van der Waals surface area contributed by atoms with Crippen LogP contribution in [0.1, 0.15) is 24.0 Å². The van der Waals surface area contributed by atoms with Gasteiger partial charge in [0.1, 0.15) is 0 Å². The Morgan fingerprint density at radius 2 is 1.62 bits per heavy atom. The van der Waals surface area contributed by atoms with E-state index in [0.717, 1.165) is 44.3 Å². The average molecular weight is 429 g/mol. The SMILES string of the molecule is O=S(=O)(NCCCCN1CCc2ccccc2C1)c1ccc(Cl)c2ccccc12. The number of hydrogen-bond acceptors (Lipinski definition) is 3. The van der Waals surface area contributed by atoms with Crippen LogP contribution in [-0.2, 0) is 23.0 Å². The predicted molar refractivity (Wildman–Crippen MR) is 119 cm³/mol. The normalized spacial score (nSPS) is 14.8. The van der Waals surface area contributed by atoms with Crippen LogP contribution in [0.4, 0.5) is 0 Å². The molecule has 0 spiro atoms. The summed E-state index contributed by atoms with van der Waals surface area (Å²) in [6.07, 6.45) is 2.86. The molecule has 0 aromatic heterocycles. The molecule has 4 nitrogen and oxygen atoms in total. The first-order valence-electron chi connectivity index (χ1n) is 10.0. The summed E-state index contributed by atoms with van der Waals surface area (Å²) in [5.41, 5.74) is 2.86. The molecule has 1 N–H and O–H groups in total. The van der Waals surface area contributed by atoms with E-state index in [4.69, 9.17) is 11.6 Å². The summed E-state index contributed by atoms with van der Waals surface area (Å²) in [7, 11) is -3.57. The number of fused-ring (bicyclic) bond motifs is 2. The second-order valence-electron chi connectivity index (χ2n) is 7.49. The summed E-state index contributed by atoms with van der Waals surface area (Å²) in [6.45, 7) is 3.47. The van der Waals surface area contributed by atoms with Crippen LogP contribution in [0.25, 0.3) is 10.8 Å². The Bertz CT molecular complexity index is 1110. The van der Waals surface area contributed by atoms with E-state index in [-0.39, 0.29) is 4.90 Å². The van der Waals surface area contributed by atoms with Crippen LogP contribution in [0.3, 0.4) is 0 Å². The van der Waals surface area contributed by atoms with Gasteiger partial charge < -0.3 is 0 Å². The second kappa shape index (κ2) is 8.84. The Morgan fingerprint density at radius 1 is 0.897 bits per heavy atom. The van der Waals surface area contributed by atoms with Crippen molar-refractivity contribution in [3.63, 3.8) is 0 Å². The van der Waals surface area contributed by atoms with Gasteiger partial charge in [-0.2, -0.15) is 0 Å². The van der Waals surface area contributed by atoms with Crippen LogP contribution in [0, 0.1) is 0 Å². The molecule has 0 bridgehead atoms. The predicted octanol–water partition coefficient (Wildman–Crippen LogP) is 4.61. The van der Waals surface area contributed by atoms with Crippen molar-refractivity contribution in [1.29, 1.82) is 0 Å². The number of halogens is 1. The van der Waals surface area contributed by atoms with Crippen molar-refractivity contribution in [3.8, 4) is 0 Å². The fourth-order valence-corrected chi connectivity index (χ4v) is 5.47. The van der Waals surface area contributed by atoms with Crippen molar-refractivity contribution in [2.75, 3.05) is 19.6 Å². The molecule has 0 saturated heterocycles. The number of hydrogen-bond donors (Lipinski definition) is 1. The minimum atomic E-state index is -3.57. The summed E-state index contributed by atoms with van der Waals surface area (Å²) < 4.78 is 28.3. The first-order valence-corrected chi connectivity index (χ1v) is 11.9. The molecule has 0 fully saturated rings. The van der Waals surface area contributed by atoms with Crippen molar-refractivity contribution in [2.45, 2.75) is 30.7 Å². The summed E-state index contributed by atoms with van der Waals surface area (Å²) in [5, 5.41) is 1.96. The summed E-state index contributed by atoms with van der Waals surface area (Å²) in [4.78, 5) is 2.73. The van der Waals surface area contributed by atoms with Gasteiger partial charge in [0.05, 0.1) is 4.90 Å². The Hall–Kier alpha value is -1.92. The standard InChI is InChI=1S/C23H25ClN2O2S/c24-22-11-12-23(21-10-4-3-9-20(21)22)29(27,28)25-14-5-6-15-26-16-13-18-7-1-2-8-19(18)17-26/h1-4,7-12,25H,5-6,13-17H2. The second-order valence-corrected chi connectivity index (χ2v) is 9.63. The molecular formula is C23H25ClN2O2S. The zero-order valence-electron chi connectivity index (χ0n) is 16.3. The molecule has 0 unspecified atom stereocenters. The number of nitrogens with one attached hydrogen (secondary N) is 1. The van der Waals surface area contributed by atoms with Gasteiger partial charge in [-0.15, -0.1) is 0 Å². The number of benzene rings is 3. The zero-order valence-corrected chi connectivity index (χ0v) is 17.8. The largest absolute Gasteiger partial charge is 0.299 e. The van der Waals surface area contributed by atoms with E-state index in [0.29, 0.717) is 17.0 Å². The van der Waals surface area contributed by atoms with Crippen LogP contribution in [-0.4, -0.2) is 33.0 Å². The monoisotopic (exact) mass is 428 g/mol. The molecule has 0 atom stereocenters. The van der Waals surface area contributed by atoms with Crippen molar-refractivity contribution in [2.24, 2.45) is 0 Å². The molecule has 1 aliphatic rings. The third-order valence-electron chi connectivity index (χ3n) is 5.52. The van der Waals surface area contributed by atoms with Crippen molar-refractivity contribution in [3.05, 3.63) is 76.8 Å². The first kappa shape index (κ1) is 20.4. The molecule has 152 valence electrons. The van der Waals surface area contributed by atoms with Gasteiger partial charge in [-0.3, -0.25) is 4.90 Å². The van der Waals surface area contributed by atoms with Crippen molar-refractivity contribution >= 4 is 32.4 Å². The topological polar surface area (TPSA) is 49.4 Å². The highest BCUT2D eigenvalue weighted by molar-refractivity contribution is 7.89. The van der Waals surface area contributed by atoms with Gasteiger partial charge in [0.15, 0.2) is 0 Å². The lowest BCUT2D eigenvalue weighted by atomic mass is 10.00. The first-order chi connectivity index (χ1) is 14.0. The third-order valence-corrected chi connectivity index (χ3v) is 7.37. The fourth-order valence-electron chi connectivity index (χ4n) is 3.96. The average Bonchev–Trinajstić information content (AvgIpc) is 2.73. The molecule has 0 amide bonds. The van der Waals surface area contributed by atoms with E-state index in [1.54, 1.807) is 18.2 Å². The highest BCUT2D eigenvalue weighted by Crippen LogP contribution is 2.29. The van der Waals surface area contributed by atoms with E-state index in [9.17, 15) is 8.42 Å². The molecule has 6 heteroatoms. The van der Waals surface area contributed by atoms with E-state index in [2.05, 4.69) is 33.9 Å². The van der Waals surface area contributed by atoms with Gasteiger partial charge in [-0.1, -0.05) is 60.1 Å². The highest BCUT2D eigenvalue weighted by atomic mass is 35.5. The van der Waals surface area contributed by atoms with Gasteiger partial charge in [0.2, 0.25) is 10.0 Å². The van der Waals surface area contributed by atoms with Crippen LogP contribution in [0.15, 0.2) is 65.6 Å². The van der Waals surface area contributed by atoms with E-state index in [1.807, 2.05) is 18.2 Å².